The zero-order valence-electron chi connectivity index (χ0n) is 29.9. The highest BCUT2D eigenvalue weighted by atomic mass is 15.2. The molecular weight excluding hydrogens is 669 g/mol. The summed E-state index contributed by atoms with van der Waals surface area (Å²) in [6, 6.07) is 69.4. The predicted molar refractivity (Wildman–Crippen MR) is 231 cm³/mol. The molecule has 1 unspecified atom stereocenters. The summed E-state index contributed by atoms with van der Waals surface area (Å²) in [5, 5.41) is 13.5. The Balaban J connectivity index is 1.01. The van der Waals surface area contributed by atoms with E-state index >= 15 is 0 Å². The zero-order valence-corrected chi connectivity index (χ0v) is 29.9. The van der Waals surface area contributed by atoms with E-state index in [9.17, 15) is 0 Å². The van der Waals surface area contributed by atoms with Gasteiger partial charge in [0.15, 0.2) is 6.17 Å². The van der Waals surface area contributed by atoms with Crippen LogP contribution in [0.25, 0.3) is 70.9 Å². The highest BCUT2D eigenvalue weighted by molar-refractivity contribution is 6.17. The van der Waals surface area contributed by atoms with Crippen molar-refractivity contribution in [2.24, 2.45) is 9.98 Å². The lowest BCUT2D eigenvalue weighted by molar-refractivity contribution is 0.755. The minimum atomic E-state index is -0.413. The van der Waals surface area contributed by atoms with Gasteiger partial charge in [0, 0.05) is 27.6 Å². The van der Waals surface area contributed by atoms with E-state index in [0.717, 1.165) is 34.0 Å². The summed E-state index contributed by atoms with van der Waals surface area (Å²) in [6.07, 6.45) is -0.413. The van der Waals surface area contributed by atoms with Crippen LogP contribution >= 0.6 is 0 Å². The van der Waals surface area contributed by atoms with Gasteiger partial charge >= 0.3 is 0 Å². The number of aliphatic imine (C=N–C) groups is 2. The Morgan fingerprint density at radius 2 is 0.873 bits per heavy atom. The molecule has 2 heterocycles. The Morgan fingerprint density at radius 1 is 0.382 bits per heavy atom. The number of hydrogen-bond donors (Lipinski definition) is 1. The van der Waals surface area contributed by atoms with Crippen molar-refractivity contribution >= 4 is 65.8 Å². The third-order valence-electron chi connectivity index (χ3n) is 11.0. The van der Waals surface area contributed by atoms with Crippen LogP contribution in [-0.4, -0.2) is 16.2 Å². The molecule has 258 valence electrons. The zero-order chi connectivity index (χ0) is 36.3. The van der Waals surface area contributed by atoms with Crippen molar-refractivity contribution in [1.82, 2.24) is 9.88 Å². The molecule has 0 saturated heterocycles. The molecular formula is C51H34N4. The number of benzene rings is 9. The van der Waals surface area contributed by atoms with Gasteiger partial charge < -0.3 is 9.88 Å². The number of hydrogen-bond acceptors (Lipinski definition) is 3. The fraction of sp³-hybridized carbons (Fsp3) is 0.0196. The highest BCUT2D eigenvalue weighted by Gasteiger charge is 2.22. The van der Waals surface area contributed by atoms with E-state index in [0.29, 0.717) is 0 Å². The van der Waals surface area contributed by atoms with Crippen molar-refractivity contribution < 1.29 is 0 Å². The highest BCUT2D eigenvalue weighted by Crippen LogP contribution is 2.38. The van der Waals surface area contributed by atoms with Crippen LogP contribution in [0.3, 0.4) is 0 Å². The van der Waals surface area contributed by atoms with Crippen molar-refractivity contribution in [3.8, 4) is 16.8 Å². The minimum Gasteiger partial charge on any atom is -0.324 e. The molecule has 1 N–H and O–H groups in total. The lowest BCUT2D eigenvalue weighted by Crippen LogP contribution is -2.36. The Labute approximate surface area is 318 Å². The second-order valence-corrected chi connectivity index (χ2v) is 14.3. The Hall–Kier alpha value is -7.30. The predicted octanol–water partition coefficient (Wildman–Crippen LogP) is 12.4. The molecule has 4 nitrogen and oxygen atoms in total. The first kappa shape index (κ1) is 31.2. The van der Waals surface area contributed by atoms with Gasteiger partial charge in [-0.1, -0.05) is 158 Å². The maximum atomic E-state index is 5.22. The molecule has 1 aliphatic rings. The first-order valence-electron chi connectivity index (χ1n) is 18.8. The van der Waals surface area contributed by atoms with E-state index in [1.807, 2.05) is 18.2 Å². The fourth-order valence-electron chi connectivity index (χ4n) is 8.23. The molecule has 1 atom stereocenters. The van der Waals surface area contributed by atoms with Crippen molar-refractivity contribution in [1.29, 1.82) is 0 Å². The largest absolute Gasteiger partial charge is 0.324 e. The number of fused-ring (bicyclic) bond motifs is 6. The lowest BCUT2D eigenvalue weighted by atomic mass is 9.97. The maximum absolute atomic E-state index is 5.22. The van der Waals surface area contributed by atoms with Gasteiger partial charge in [0.1, 0.15) is 11.7 Å². The van der Waals surface area contributed by atoms with Crippen LogP contribution in [0.4, 0.5) is 0 Å². The molecule has 0 saturated carbocycles. The van der Waals surface area contributed by atoms with Gasteiger partial charge in [-0.3, -0.25) is 0 Å². The summed E-state index contributed by atoms with van der Waals surface area (Å²) in [7, 11) is 0. The van der Waals surface area contributed by atoms with Gasteiger partial charge in [-0.05, 0) is 85.4 Å². The Morgan fingerprint density at radius 3 is 1.49 bits per heavy atom. The maximum Gasteiger partial charge on any atom is 0.169 e. The van der Waals surface area contributed by atoms with Crippen molar-refractivity contribution in [3.05, 3.63) is 211 Å². The first-order chi connectivity index (χ1) is 27.2. The summed E-state index contributed by atoms with van der Waals surface area (Å²) < 4.78 is 2.40. The fourth-order valence-corrected chi connectivity index (χ4v) is 8.23. The van der Waals surface area contributed by atoms with Gasteiger partial charge in [-0.2, -0.15) is 0 Å². The number of amidine groups is 2. The molecule has 9 aromatic carbocycles. The third kappa shape index (κ3) is 5.38. The SMILES string of the molecule is c1ccc(C2=NC(c3ccc(-n4c5cc6ccccc6cc5c5cc6ccccc6cc54)cc3)N=C(c3ccc(-c4cccc5ccccc45)cc3)N2)cc1. The van der Waals surface area contributed by atoms with E-state index in [4.69, 9.17) is 9.98 Å². The van der Waals surface area contributed by atoms with Crippen LogP contribution in [0, 0.1) is 0 Å². The second kappa shape index (κ2) is 12.7. The third-order valence-corrected chi connectivity index (χ3v) is 11.0. The van der Waals surface area contributed by atoms with Crippen molar-refractivity contribution in [3.63, 3.8) is 0 Å². The molecule has 0 bridgehead atoms. The van der Waals surface area contributed by atoms with E-state index in [1.54, 1.807) is 0 Å². The molecule has 1 aliphatic heterocycles. The van der Waals surface area contributed by atoms with Gasteiger partial charge in [0.25, 0.3) is 0 Å². The van der Waals surface area contributed by atoms with Crippen LogP contribution in [0.15, 0.2) is 204 Å². The van der Waals surface area contributed by atoms with Gasteiger partial charge in [-0.15, -0.1) is 0 Å². The minimum absolute atomic E-state index is 0.413. The van der Waals surface area contributed by atoms with E-state index in [2.05, 4.69) is 186 Å². The Kier molecular flexibility index (Phi) is 7.20. The molecule has 11 rings (SSSR count). The Bertz CT molecular complexity index is 3060. The van der Waals surface area contributed by atoms with Gasteiger partial charge in [0.2, 0.25) is 0 Å². The van der Waals surface area contributed by atoms with Crippen molar-refractivity contribution in [2.45, 2.75) is 6.17 Å². The van der Waals surface area contributed by atoms with Crippen molar-refractivity contribution in [2.75, 3.05) is 0 Å². The van der Waals surface area contributed by atoms with E-state index in [-0.39, 0.29) is 0 Å². The quantitative estimate of drug-likeness (QED) is 0.191. The van der Waals surface area contributed by atoms with E-state index < -0.39 is 6.17 Å². The molecule has 0 aliphatic carbocycles. The molecule has 55 heavy (non-hydrogen) atoms. The molecule has 0 spiro atoms. The summed E-state index contributed by atoms with van der Waals surface area (Å²) in [6.45, 7) is 0. The molecule has 0 fully saturated rings. The van der Waals surface area contributed by atoms with Gasteiger partial charge in [-0.25, -0.2) is 9.98 Å². The van der Waals surface area contributed by atoms with Crippen LogP contribution in [-0.2, 0) is 0 Å². The topological polar surface area (TPSA) is 41.7 Å². The normalized spacial score (nSPS) is 14.4. The monoisotopic (exact) mass is 702 g/mol. The second-order valence-electron chi connectivity index (χ2n) is 14.3. The summed E-state index contributed by atoms with van der Waals surface area (Å²) in [5.74, 6) is 1.60. The molecule has 10 aromatic rings. The molecule has 4 heteroatoms. The standard InChI is InChI=1S/C51H34N4/c1-2-12-35(13-3-1)49-52-50(36-23-21-34(22-24-36)44-20-10-18-33-11-8-9-19-43(33)44)54-51(53-49)37-25-27-42(28-26-37)55-47-31-40-16-6-4-14-38(40)29-45(47)46-30-39-15-5-7-17-41(39)32-48(46)55/h1-32,51H,(H,52,53,54). The number of aromatic nitrogens is 1. The smallest absolute Gasteiger partial charge is 0.169 e. The first-order valence-corrected chi connectivity index (χ1v) is 18.8. The van der Waals surface area contributed by atoms with Crippen LogP contribution in [0.5, 0.6) is 0 Å². The van der Waals surface area contributed by atoms with Crippen LogP contribution in [0.1, 0.15) is 22.9 Å². The molecule has 1 aromatic heterocycles. The summed E-state index contributed by atoms with van der Waals surface area (Å²) >= 11 is 0. The van der Waals surface area contributed by atoms with Gasteiger partial charge in [0.05, 0.1) is 11.0 Å². The average Bonchev–Trinajstić information content (AvgIpc) is 3.56. The van der Waals surface area contributed by atoms with Crippen LogP contribution in [0.2, 0.25) is 0 Å². The molecule has 0 amide bonds. The van der Waals surface area contributed by atoms with E-state index in [1.165, 1.54) is 65.3 Å². The number of rotatable bonds is 5. The summed E-state index contributed by atoms with van der Waals surface area (Å²) in [5.41, 5.74) is 8.94. The summed E-state index contributed by atoms with van der Waals surface area (Å²) in [4.78, 5) is 10.4. The van der Waals surface area contributed by atoms with Crippen LogP contribution < -0.4 is 5.32 Å². The lowest BCUT2D eigenvalue weighted by Gasteiger charge is -2.22. The molecule has 0 radical (unpaired) electrons. The average molecular weight is 703 g/mol. The number of nitrogens with one attached hydrogen (secondary N) is 1. The number of nitrogens with zero attached hydrogens (tertiary/aromatic N) is 3.